The highest BCUT2D eigenvalue weighted by atomic mass is 16.3. The number of aryl methyl sites for hydroxylation is 1. The molecule has 0 radical (unpaired) electrons. The van der Waals surface area contributed by atoms with Gasteiger partial charge in [-0.3, -0.25) is 4.98 Å². The molecule has 0 spiro atoms. The molecule has 1 N–H and O–H groups in total. The minimum atomic E-state index is 0.0661. The number of aromatic nitrogens is 1. The summed E-state index contributed by atoms with van der Waals surface area (Å²) in [6.45, 7) is 9.64. The molecule has 1 aromatic rings. The van der Waals surface area contributed by atoms with Crippen LogP contribution >= 0.6 is 0 Å². The molecule has 0 atom stereocenters. The molecule has 94 valence electrons. The number of rotatable bonds is 3. The molecule has 1 aliphatic rings. The molecule has 0 aliphatic carbocycles. The number of nitrogens with zero attached hydrogens (tertiary/aromatic N) is 3. The maximum absolute atomic E-state index is 9.36. The van der Waals surface area contributed by atoms with Crippen LogP contribution in [0.1, 0.15) is 18.2 Å². The highest BCUT2D eigenvalue weighted by Gasteiger charge is 2.18. The molecule has 2 rings (SSSR count). The predicted octanol–water partition coefficient (Wildman–Crippen LogP) is 1.02. The lowest BCUT2D eigenvalue weighted by Crippen LogP contribution is -2.46. The molecule has 17 heavy (non-hydrogen) atoms. The molecule has 2 heterocycles. The van der Waals surface area contributed by atoms with Gasteiger partial charge in [0.1, 0.15) is 0 Å². The largest absolute Gasteiger partial charge is 0.392 e. The standard InChI is InChI=1S/C13H21N3O/c1-3-15-4-6-16(7-5-15)13-8-11(2)14-9-12(13)10-17/h8-9,17H,3-7,10H2,1-2H3. The fraction of sp³-hybridized carbons (Fsp3) is 0.615. The van der Waals surface area contributed by atoms with Crippen LogP contribution in [0, 0.1) is 6.92 Å². The maximum atomic E-state index is 9.36. The molecule has 0 aromatic carbocycles. The SMILES string of the molecule is CCN1CCN(c2cc(C)ncc2CO)CC1. The summed E-state index contributed by atoms with van der Waals surface area (Å²) in [4.78, 5) is 9.04. The molecule has 1 fully saturated rings. The first-order valence-corrected chi connectivity index (χ1v) is 6.28. The zero-order valence-corrected chi connectivity index (χ0v) is 10.7. The van der Waals surface area contributed by atoms with E-state index in [4.69, 9.17) is 0 Å². The van der Waals surface area contributed by atoms with E-state index in [1.54, 1.807) is 6.20 Å². The highest BCUT2D eigenvalue weighted by Crippen LogP contribution is 2.22. The Morgan fingerprint density at radius 3 is 2.59 bits per heavy atom. The van der Waals surface area contributed by atoms with Crippen LogP contribution < -0.4 is 4.90 Å². The van der Waals surface area contributed by atoms with E-state index in [1.165, 1.54) is 0 Å². The van der Waals surface area contributed by atoms with Gasteiger partial charge >= 0.3 is 0 Å². The van der Waals surface area contributed by atoms with E-state index >= 15 is 0 Å². The van der Waals surface area contributed by atoms with Gasteiger partial charge in [-0.25, -0.2) is 0 Å². The Balaban J connectivity index is 2.14. The monoisotopic (exact) mass is 235 g/mol. The van der Waals surface area contributed by atoms with Gasteiger partial charge in [0, 0.05) is 49.3 Å². The van der Waals surface area contributed by atoms with E-state index in [0.29, 0.717) is 0 Å². The minimum Gasteiger partial charge on any atom is -0.392 e. The van der Waals surface area contributed by atoms with Crippen LogP contribution in [0.3, 0.4) is 0 Å². The van der Waals surface area contributed by atoms with E-state index in [-0.39, 0.29) is 6.61 Å². The van der Waals surface area contributed by atoms with Crippen molar-refractivity contribution in [2.24, 2.45) is 0 Å². The van der Waals surface area contributed by atoms with Crippen molar-refractivity contribution in [1.29, 1.82) is 0 Å². The van der Waals surface area contributed by atoms with Crippen molar-refractivity contribution in [1.82, 2.24) is 9.88 Å². The van der Waals surface area contributed by atoms with E-state index < -0.39 is 0 Å². The Bertz CT molecular complexity index is 373. The van der Waals surface area contributed by atoms with Gasteiger partial charge in [0.15, 0.2) is 0 Å². The number of hydrogen-bond donors (Lipinski definition) is 1. The summed E-state index contributed by atoms with van der Waals surface area (Å²) in [6.07, 6.45) is 1.79. The maximum Gasteiger partial charge on any atom is 0.0717 e. The summed E-state index contributed by atoms with van der Waals surface area (Å²) in [5.74, 6) is 0. The van der Waals surface area contributed by atoms with E-state index in [2.05, 4.69) is 27.8 Å². The Hall–Kier alpha value is -1.13. The van der Waals surface area contributed by atoms with Crippen LogP contribution in [-0.4, -0.2) is 47.7 Å². The first-order valence-electron chi connectivity index (χ1n) is 6.28. The van der Waals surface area contributed by atoms with Crippen LogP contribution in [0.4, 0.5) is 5.69 Å². The smallest absolute Gasteiger partial charge is 0.0717 e. The Morgan fingerprint density at radius 2 is 2.00 bits per heavy atom. The van der Waals surface area contributed by atoms with Crippen LogP contribution in [0.2, 0.25) is 0 Å². The van der Waals surface area contributed by atoms with E-state index in [0.717, 1.165) is 49.7 Å². The molecular weight excluding hydrogens is 214 g/mol. The molecule has 4 nitrogen and oxygen atoms in total. The molecule has 0 bridgehead atoms. The van der Waals surface area contributed by atoms with E-state index in [1.807, 2.05) is 6.92 Å². The lowest BCUT2D eigenvalue weighted by Gasteiger charge is -2.36. The second-order valence-corrected chi connectivity index (χ2v) is 4.53. The molecule has 0 amide bonds. The fourth-order valence-corrected chi connectivity index (χ4v) is 2.29. The fourth-order valence-electron chi connectivity index (χ4n) is 2.29. The van der Waals surface area contributed by atoms with E-state index in [9.17, 15) is 5.11 Å². The number of pyridine rings is 1. The van der Waals surface area contributed by atoms with Gasteiger partial charge in [-0.1, -0.05) is 6.92 Å². The zero-order valence-electron chi connectivity index (χ0n) is 10.7. The van der Waals surface area contributed by atoms with Crippen molar-refractivity contribution in [3.63, 3.8) is 0 Å². The molecule has 1 saturated heterocycles. The molecular formula is C13H21N3O. The summed E-state index contributed by atoms with van der Waals surface area (Å²) < 4.78 is 0. The van der Waals surface area contributed by atoms with Crippen LogP contribution in [0.25, 0.3) is 0 Å². The average molecular weight is 235 g/mol. The minimum absolute atomic E-state index is 0.0661. The predicted molar refractivity (Wildman–Crippen MR) is 69.2 cm³/mol. The van der Waals surface area contributed by atoms with Crippen LogP contribution in [0.5, 0.6) is 0 Å². The number of likely N-dealkylation sites (N-methyl/N-ethyl adjacent to an activating group) is 1. The molecule has 0 saturated carbocycles. The van der Waals surface area contributed by atoms with Gasteiger partial charge in [-0.15, -0.1) is 0 Å². The Kier molecular flexibility index (Phi) is 3.97. The average Bonchev–Trinajstić information content (AvgIpc) is 2.39. The Labute approximate surface area is 103 Å². The number of piperazine rings is 1. The van der Waals surface area contributed by atoms with Crippen LogP contribution in [0.15, 0.2) is 12.3 Å². The van der Waals surface area contributed by atoms with Crippen molar-refractivity contribution >= 4 is 5.69 Å². The summed E-state index contributed by atoms with van der Waals surface area (Å²) in [7, 11) is 0. The Morgan fingerprint density at radius 1 is 1.29 bits per heavy atom. The molecule has 1 aliphatic heterocycles. The normalized spacial score (nSPS) is 17.5. The third-order valence-corrected chi connectivity index (χ3v) is 3.43. The van der Waals surface area contributed by atoms with Gasteiger partial charge in [-0.05, 0) is 19.5 Å². The number of hydrogen-bond acceptors (Lipinski definition) is 4. The third kappa shape index (κ3) is 2.76. The van der Waals surface area contributed by atoms with Crippen molar-refractivity contribution in [2.45, 2.75) is 20.5 Å². The summed E-state index contributed by atoms with van der Waals surface area (Å²) >= 11 is 0. The molecule has 0 unspecified atom stereocenters. The van der Waals surface area contributed by atoms with Crippen LogP contribution in [-0.2, 0) is 6.61 Å². The van der Waals surface area contributed by atoms with Crippen molar-refractivity contribution < 1.29 is 5.11 Å². The quantitative estimate of drug-likeness (QED) is 0.849. The first-order chi connectivity index (χ1) is 8.24. The number of aliphatic hydroxyl groups excluding tert-OH is 1. The summed E-state index contributed by atoms with van der Waals surface area (Å²) in [5, 5.41) is 9.36. The van der Waals surface area contributed by atoms with Gasteiger partial charge in [0.2, 0.25) is 0 Å². The third-order valence-electron chi connectivity index (χ3n) is 3.43. The van der Waals surface area contributed by atoms with Gasteiger partial charge < -0.3 is 14.9 Å². The zero-order chi connectivity index (χ0) is 12.3. The van der Waals surface area contributed by atoms with Gasteiger partial charge in [0.05, 0.1) is 6.61 Å². The van der Waals surface area contributed by atoms with Gasteiger partial charge in [0.25, 0.3) is 0 Å². The lowest BCUT2D eigenvalue weighted by atomic mass is 10.1. The second-order valence-electron chi connectivity index (χ2n) is 4.53. The van der Waals surface area contributed by atoms with Crippen molar-refractivity contribution in [3.8, 4) is 0 Å². The second kappa shape index (κ2) is 5.47. The number of aliphatic hydroxyl groups is 1. The molecule has 1 aromatic heterocycles. The molecule has 4 heteroatoms. The summed E-state index contributed by atoms with van der Waals surface area (Å²) in [6, 6.07) is 2.08. The lowest BCUT2D eigenvalue weighted by molar-refractivity contribution is 0.267. The van der Waals surface area contributed by atoms with Crippen molar-refractivity contribution in [3.05, 3.63) is 23.5 Å². The topological polar surface area (TPSA) is 39.6 Å². The number of anilines is 1. The highest BCUT2D eigenvalue weighted by molar-refractivity contribution is 5.53. The first kappa shape index (κ1) is 12.3. The summed E-state index contributed by atoms with van der Waals surface area (Å²) in [5.41, 5.74) is 3.09. The van der Waals surface area contributed by atoms with Gasteiger partial charge in [-0.2, -0.15) is 0 Å². The van der Waals surface area contributed by atoms with Crippen molar-refractivity contribution in [2.75, 3.05) is 37.6 Å².